The van der Waals surface area contributed by atoms with Gasteiger partial charge in [0.2, 0.25) is 12.6 Å². The molecule has 2 aliphatic heterocycles. The quantitative estimate of drug-likeness (QED) is 0.149. The van der Waals surface area contributed by atoms with Crippen molar-refractivity contribution in [3.63, 3.8) is 0 Å². The zero-order valence-electron chi connectivity index (χ0n) is 21.3. The molecule has 10 atom stereocenters. The van der Waals surface area contributed by atoms with Crippen LogP contribution in [0.15, 0.2) is 57.9 Å². The number of rotatable bonds is 7. The predicted molar refractivity (Wildman–Crippen MR) is 137 cm³/mol. The SMILES string of the molecule is O=c1c(-c2ccc(O[C@@H]3O[C@H](CO)[C@@H](O)[C@H](O)[C@H]3O)cc2)coc2cc(O[C@@H]3O[C@H](CO)[C@@H](O)[C@H](O)[C@H]3O)ccc12. The fraction of sp³-hybridized carbons (Fsp3) is 0.444. The number of ether oxygens (including phenoxy) is 4. The molecule has 0 aliphatic carbocycles. The predicted octanol–water partition coefficient (Wildman–Crippen LogP) is -2.18. The molecule has 3 heterocycles. The summed E-state index contributed by atoms with van der Waals surface area (Å²) in [6.07, 6.45) is -13.2. The first-order valence-corrected chi connectivity index (χ1v) is 12.7. The Labute approximate surface area is 231 Å². The maximum atomic E-state index is 13.2. The first kappa shape index (κ1) is 29.3. The van der Waals surface area contributed by atoms with E-state index in [1.165, 1.54) is 36.6 Å². The van der Waals surface area contributed by atoms with Gasteiger partial charge in [0, 0.05) is 6.07 Å². The first-order valence-electron chi connectivity index (χ1n) is 12.7. The van der Waals surface area contributed by atoms with Gasteiger partial charge in [-0.1, -0.05) is 12.1 Å². The number of hydrogen-bond donors (Lipinski definition) is 8. The molecule has 3 aromatic rings. The molecule has 0 radical (unpaired) electrons. The largest absolute Gasteiger partial charge is 0.463 e. The van der Waals surface area contributed by atoms with E-state index < -0.39 is 74.6 Å². The molecule has 2 aliphatic rings. The fourth-order valence-corrected chi connectivity index (χ4v) is 4.69. The summed E-state index contributed by atoms with van der Waals surface area (Å²) in [5, 5.41) is 79.0. The topological polar surface area (TPSA) is 229 Å². The highest BCUT2D eigenvalue weighted by Crippen LogP contribution is 2.29. The summed E-state index contributed by atoms with van der Waals surface area (Å²) >= 11 is 0. The average Bonchev–Trinajstić information content (AvgIpc) is 2.98. The molecular formula is C27H30O14. The molecule has 8 N–H and O–H groups in total. The molecule has 0 saturated carbocycles. The van der Waals surface area contributed by atoms with Gasteiger partial charge in [-0.3, -0.25) is 4.79 Å². The smallest absolute Gasteiger partial charge is 0.229 e. The molecule has 0 amide bonds. The molecule has 2 saturated heterocycles. The monoisotopic (exact) mass is 578 g/mol. The third kappa shape index (κ3) is 5.67. The first-order chi connectivity index (χ1) is 19.6. The van der Waals surface area contributed by atoms with Gasteiger partial charge in [-0.05, 0) is 29.8 Å². The van der Waals surface area contributed by atoms with E-state index in [9.17, 15) is 45.6 Å². The molecular weight excluding hydrogens is 548 g/mol. The Bertz CT molecular complexity index is 1390. The van der Waals surface area contributed by atoms with Crippen molar-refractivity contribution >= 4 is 11.0 Å². The van der Waals surface area contributed by atoms with Crippen molar-refractivity contribution < 1.29 is 64.2 Å². The second kappa shape index (κ2) is 12.0. The lowest BCUT2D eigenvalue weighted by Gasteiger charge is -2.39. The van der Waals surface area contributed by atoms with Crippen molar-refractivity contribution in [3.05, 3.63) is 59.0 Å². The molecule has 222 valence electrons. The summed E-state index contributed by atoms with van der Waals surface area (Å²) in [6.45, 7) is -1.20. The minimum absolute atomic E-state index is 0.132. The zero-order chi connectivity index (χ0) is 29.4. The van der Waals surface area contributed by atoms with E-state index >= 15 is 0 Å². The summed E-state index contributed by atoms with van der Waals surface area (Å²) in [4.78, 5) is 13.2. The van der Waals surface area contributed by atoms with Crippen molar-refractivity contribution in [1.29, 1.82) is 0 Å². The van der Waals surface area contributed by atoms with Crippen LogP contribution in [0.1, 0.15) is 0 Å². The van der Waals surface area contributed by atoms with Crippen LogP contribution in [0.25, 0.3) is 22.1 Å². The van der Waals surface area contributed by atoms with Crippen LogP contribution in [-0.2, 0) is 9.47 Å². The van der Waals surface area contributed by atoms with E-state index in [0.717, 1.165) is 0 Å². The number of hydrogen-bond acceptors (Lipinski definition) is 14. The number of aliphatic hydroxyl groups excluding tert-OH is 8. The van der Waals surface area contributed by atoms with Gasteiger partial charge in [0.1, 0.15) is 72.2 Å². The minimum Gasteiger partial charge on any atom is -0.463 e. The van der Waals surface area contributed by atoms with E-state index in [2.05, 4.69) is 0 Å². The standard InChI is InChI=1S/C27H30O14/c28-8-17-20(31)22(33)24(35)26(40-17)38-12-3-1-11(2-4-12)15-10-37-16-7-13(5-6-14(16)19(15)30)39-27-25(36)23(34)21(32)18(9-29)41-27/h1-7,10,17-18,20-29,31-36H,8-9H2/t17-,18-,20-,21-,22+,23+,24-,25-,26-,27-/m1/s1. The van der Waals surface area contributed by atoms with E-state index in [4.69, 9.17) is 23.4 Å². The number of fused-ring (bicyclic) bond motifs is 1. The van der Waals surface area contributed by atoms with E-state index in [0.29, 0.717) is 5.56 Å². The van der Waals surface area contributed by atoms with Crippen LogP contribution in [0.2, 0.25) is 0 Å². The highest BCUT2D eigenvalue weighted by atomic mass is 16.7. The molecule has 2 fully saturated rings. The van der Waals surface area contributed by atoms with Gasteiger partial charge < -0.3 is 64.2 Å². The average molecular weight is 579 g/mol. The van der Waals surface area contributed by atoms with Crippen LogP contribution >= 0.6 is 0 Å². The van der Waals surface area contributed by atoms with Crippen molar-refractivity contribution in [2.24, 2.45) is 0 Å². The maximum absolute atomic E-state index is 13.2. The third-order valence-electron chi connectivity index (χ3n) is 7.11. The Morgan fingerprint density at radius 1 is 0.659 bits per heavy atom. The van der Waals surface area contributed by atoms with Crippen molar-refractivity contribution in [2.75, 3.05) is 13.2 Å². The Kier molecular flexibility index (Phi) is 8.58. The lowest BCUT2D eigenvalue weighted by atomic mass is 9.99. The molecule has 0 spiro atoms. The fourth-order valence-electron chi connectivity index (χ4n) is 4.69. The van der Waals surface area contributed by atoms with Gasteiger partial charge >= 0.3 is 0 Å². The van der Waals surface area contributed by atoms with Gasteiger partial charge in [-0.25, -0.2) is 0 Å². The molecule has 0 bridgehead atoms. The highest BCUT2D eigenvalue weighted by molar-refractivity contribution is 5.82. The van der Waals surface area contributed by atoms with Gasteiger partial charge in [-0.2, -0.15) is 0 Å². The van der Waals surface area contributed by atoms with Crippen LogP contribution in [0.4, 0.5) is 0 Å². The van der Waals surface area contributed by atoms with Crippen LogP contribution in [0.3, 0.4) is 0 Å². The molecule has 14 nitrogen and oxygen atoms in total. The molecule has 5 rings (SSSR count). The summed E-state index contributed by atoms with van der Waals surface area (Å²) < 4.78 is 27.5. The Morgan fingerprint density at radius 2 is 1.17 bits per heavy atom. The van der Waals surface area contributed by atoms with E-state index in [-0.39, 0.29) is 33.5 Å². The molecule has 1 aromatic heterocycles. The van der Waals surface area contributed by atoms with Gasteiger partial charge in [-0.15, -0.1) is 0 Å². The Balaban J connectivity index is 1.31. The lowest BCUT2D eigenvalue weighted by molar-refractivity contribution is -0.277. The summed E-state index contributed by atoms with van der Waals surface area (Å²) in [5.74, 6) is 0.352. The van der Waals surface area contributed by atoms with Crippen molar-refractivity contribution in [2.45, 2.75) is 61.4 Å². The zero-order valence-corrected chi connectivity index (χ0v) is 21.3. The second-order valence-corrected chi connectivity index (χ2v) is 9.79. The normalized spacial score (nSPS) is 34.0. The molecule has 0 unspecified atom stereocenters. The summed E-state index contributed by atoms with van der Waals surface area (Å²) in [7, 11) is 0. The second-order valence-electron chi connectivity index (χ2n) is 9.79. The number of benzene rings is 2. The summed E-state index contributed by atoms with van der Waals surface area (Å²) in [6, 6.07) is 10.4. The van der Waals surface area contributed by atoms with Crippen molar-refractivity contribution in [3.8, 4) is 22.6 Å². The van der Waals surface area contributed by atoms with Gasteiger partial charge in [0.05, 0.1) is 24.2 Å². The minimum atomic E-state index is -1.61. The van der Waals surface area contributed by atoms with Crippen LogP contribution in [0, 0.1) is 0 Å². The highest BCUT2D eigenvalue weighted by Gasteiger charge is 2.45. The molecule has 14 heteroatoms. The van der Waals surface area contributed by atoms with E-state index in [1.807, 2.05) is 0 Å². The van der Waals surface area contributed by atoms with Gasteiger partial charge in [0.25, 0.3) is 0 Å². The maximum Gasteiger partial charge on any atom is 0.229 e. The van der Waals surface area contributed by atoms with Gasteiger partial charge in [0.15, 0.2) is 5.43 Å². The number of aliphatic hydroxyl groups is 8. The lowest BCUT2D eigenvalue weighted by Crippen LogP contribution is -2.60. The third-order valence-corrected chi connectivity index (χ3v) is 7.11. The molecule has 41 heavy (non-hydrogen) atoms. The van der Waals surface area contributed by atoms with Crippen molar-refractivity contribution in [1.82, 2.24) is 0 Å². The van der Waals surface area contributed by atoms with E-state index in [1.54, 1.807) is 12.1 Å². The van der Waals surface area contributed by atoms with Crippen LogP contribution in [-0.4, -0.2) is 115 Å². The Morgan fingerprint density at radius 3 is 1.71 bits per heavy atom. The Hall–Kier alpha value is -3.15. The molecule has 2 aromatic carbocycles. The van der Waals surface area contributed by atoms with Crippen LogP contribution in [0.5, 0.6) is 11.5 Å². The van der Waals surface area contributed by atoms with Crippen LogP contribution < -0.4 is 14.9 Å². The summed E-state index contributed by atoms with van der Waals surface area (Å²) in [5.41, 5.74) is 0.486.